The summed E-state index contributed by atoms with van der Waals surface area (Å²) in [5.74, 6) is 1.33. The molecule has 6 nitrogen and oxygen atoms in total. The molecule has 0 aliphatic carbocycles. The number of nitrogens with zero attached hydrogens (tertiary/aromatic N) is 3. The second kappa shape index (κ2) is 10.8. The van der Waals surface area contributed by atoms with Crippen molar-refractivity contribution in [2.45, 2.75) is 46.0 Å². The molecule has 0 amide bonds. The van der Waals surface area contributed by atoms with Crippen molar-refractivity contribution < 1.29 is 14.6 Å². The lowest BCUT2D eigenvalue weighted by molar-refractivity contribution is 0.0668. The number of methoxy groups -OCH3 is 1. The van der Waals surface area contributed by atoms with E-state index in [2.05, 4.69) is 41.1 Å². The second-order valence-electron chi connectivity index (χ2n) is 7.51. The molecule has 7 heteroatoms. The number of rotatable bonds is 11. The Labute approximate surface area is 172 Å². The van der Waals surface area contributed by atoms with E-state index < -0.39 is 6.10 Å². The van der Waals surface area contributed by atoms with E-state index in [0.717, 1.165) is 29.4 Å². The minimum atomic E-state index is -0.551. The Hall–Kier alpha value is -1.67. The van der Waals surface area contributed by atoms with Gasteiger partial charge < -0.3 is 19.5 Å². The number of benzene rings is 1. The van der Waals surface area contributed by atoms with Gasteiger partial charge in [-0.15, -0.1) is 11.3 Å². The monoisotopic (exact) mass is 407 g/mol. The van der Waals surface area contributed by atoms with Gasteiger partial charge in [0.15, 0.2) is 11.5 Å². The molecule has 2 aromatic rings. The van der Waals surface area contributed by atoms with E-state index in [-0.39, 0.29) is 6.61 Å². The van der Waals surface area contributed by atoms with Crippen molar-refractivity contribution in [1.29, 1.82) is 0 Å². The first-order valence-corrected chi connectivity index (χ1v) is 10.4. The molecule has 28 heavy (non-hydrogen) atoms. The highest BCUT2D eigenvalue weighted by Gasteiger charge is 2.14. The molecule has 0 bridgehead atoms. The highest BCUT2D eigenvalue weighted by molar-refractivity contribution is 7.09. The largest absolute Gasteiger partial charge is 0.493 e. The first kappa shape index (κ1) is 22.6. The van der Waals surface area contributed by atoms with E-state index in [9.17, 15) is 5.11 Å². The fourth-order valence-corrected chi connectivity index (χ4v) is 3.44. The van der Waals surface area contributed by atoms with E-state index in [1.165, 1.54) is 0 Å². The molecule has 156 valence electrons. The van der Waals surface area contributed by atoms with Crippen LogP contribution in [0, 0.1) is 6.92 Å². The first-order valence-electron chi connectivity index (χ1n) is 9.56. The van der Waals surface area contributed by atoms with Crippen molar-refractivity contribution >= 4 is 11.3 Å². The van der Waals surface area contributed by atoms with Crippen LogP contribution in [-0.4, -0.2) is 66.4 Å². The summed E-state index contributed by atoms with van der Waals surface area (Å²) < 4.78 is 11.3. The minimum absolute atomic E-state index is 0.232. The number of hydrogen-bond donors (Lipinski definition) is 1. The van der Waals surface area contributed by atoms with Crippen LogP contribution in [0.2, 0.25) is 0 Å². The van der Waals surface area contributed by atoms with E-state index in [4.69, 9.17) is 9.47 Å². The average molecular weight is 408 g/mol. The van der Waals surface area contributed by atoms with Gasteiger partial charge in [0.25, 0.3) is 0 Å². The van der Waals surface area contributed by atoms with Crippen molar-refractivity contribution in [2.24, 2.45) is 0 Å². The fourth-order valence-electron chi connectivity index (χ4n) is 2.84. The Balaban J connectivity index is 1.91. The number of aromatic nitrogens is 1. The van der Waals surface area contributed by atoms with E-state index >= 15 is 0 Å². The summed E-state index contributed by atoms with van der Waals surface area (Å²) in [7, 11) is 5.70. The summed E-state index contributed by atoms with van der Waals surface area (Å²) in [6.45, 7) is 8.61. The number of ether oxygens (including phenoxy) is 2. The van der Waals surface area contributed by atoms with Gasteiger partial charge in [-0.3, -0.25) is 4.90 Å². The number of thiazole rings is 1. The molecule has 0 spiro atoms. The van der Waals surface area contributed by atoms with Gasteiger partial charge in [-0.25, -0.2) is 4.98 Å². The summed E-state index contributed by atoms with van der Waals surface area (Å²) in [6, 6.07) is 6.32. The molecular weight excluding hydrogens is 374 g/mol. The third kappa shape index (κ3) is 7.05. The van der Waals surface area contributed by atoms with Crippen LogP contribution in [0.5, 0.6) is 11.5 Å². The second-order valence-corrected chi connectivity index (χ2v) is 8.58. The zero-order chi connectivity index (χ0) is 20.7. The molecule has 0 saturated carbocycles. The summed E-state index contributed by atoms with van der Waals surface area (Å²) in [6.07, 6.45) is -0.551. The van der Waals surface area contributed by atoms with Crippen LogP contribution in [0.15, 0.2) is 23.6 Å². The van der Waals surface area contributed by atoms with E-state index in [1.807, 2.05) is 32.2 Å². The molecule has 2 rings (SSSR count). The maximum Gasteiger partial charge on any atom is 0.161 e. The van der Waals surface area contributed by atoms with Crippen LogP contribution in [0.4, 0.5) is 0 Å². The van der Waals surface area contributed by atoms with Gasteiger partial charge in [-0.1, -0.05) is 6.07 Å². The molecule has 0 aliphatic heterocycles. The third-order valence-electron chi connectivity index (χ3n) is 4.59. The Bertz CT molecular complexity index is 735. The molecule has 1 atom stereocenters. The zero-order valence-corrected chi connectivity index (χ0v) is 18.6. The average Bonchev–Trinajstić information content (AvgIpc) is 3.04. The molecule has 1 heterocycles. The van der Waals surface area contributed by atoms with Crippen molar-refractivity contribution in [3.8, 4) is 11.5 Å². The predicted octanol–water partition coefficient (Wildman–Crippen LogP) is 3.17. The van der Waals surface area contributed by atoms with E-state index in [1.54, 1.807) is 18.4 Å². The van der Waals surface area contributed by atoms with Crippen LogP contribution in [0.25, 0.3) is 0 Å². The van der Waals surface area contributed by atoms with Gasteiger partial charge in [0.05, 0.1) is 17.8 Å². The molecule has 1 N–H and O–H groups in total. The number of likely N-dealkylation sites (N-methyl/N-ethyl adjacent to an activating group) is 1. The topological polar surface area (TPSA) is 58.1 Å². The van der Waals surface area contributed by atoms with Crippen molar-refractivity contribution in [3.05, 3.63) is 39.8 Å². The van der Waals surface area contributed by atoms with Crippen LogP contribution >= 0.6 is 11.3 Å². The van der Waals surface area contributed by atoms with Gasteiger partial charge in [0.1, 0.15) is 12.7 Å². The molecule has 0 aliphatic rings. The first-order chi connectivity index (χ1) is 13.3. The molecule has 1 aromatic heterocycles. The van der Waals surface area contributed by atoms with Crippen LogP contribution in [0.3, 0.4) is 0 Å². The summed E-state index contributed by atoms with van der Waals surface area (Å²) in [4.78, 5) is 8.83. The highest BCUT2D eigenvalue weighted by atomic mass is 32.1. The van der Waals surface area contributed by atoms with Crippen LogP contribution in [-0.2, 0) is 13.1 Å². The van der Waals surface area contributed by atoms with Crippen molar-refractivity contribution in [3.63, 3.8) is 0 Å². The van der Waals surface area contributed by atoms with Crippen LogP contribution in [0.1, 0.15) is 30.1 Å². The smallest absolute Gasteiger partial charge is 0.161 e. The highest BCUT2D eigenvalue weighted by Crippen LogP contribution is 2.29. The molecule has 0 fully saturated rings. The van der Waals surface area contributed by atoms with Gasteiger partial charge in [0.2, 0.25) is 0 Å². The van der Waals surface area contributed by atoms with Crippen molar-refractivity contribution in [1.82, 2.24) is 14.8 Å². The maximum atomic E-state index is 10.2. The number of aliphatic hydroxyl groups excluding tert-OH is 1. The minimum Gasteiger partial charge on any atom is -0.493 e. The molecule has 1 unspecified atom stereocenters. The van der Waals surface area contributed by atoms with Gasteiger partial charge in [0, 0.05) is 31.1 Å². The quantitative estimate of drug-likeness (QED) is 0.617. The van der Waals surface area contributed by atoms with Gasteiger partial charge in [-0.2, -0.15) is 0 Å². The van der Waals surface area contributed by atoms with Crippen LogP contribution < -0.4 is 9.47 Å². The zero-order valence-electron chi connectivity index (χ0n) is 17.8. The molecule has 0 radical (unpaired) electrons. The van der Waals surface area contributed by atoms with E-state index in [0.29, 0.717) is 24.1 Å². The van der Waals surface area contributed by atoms with Gasteiger partial charge in [-0.05, 0) is 52.6 Å². The third-order valence-corrected chi connectivity index (χ3v) is 5.41. The lowest BCUT2D eigenvalue weighted by Crippen LogP contribution is -2.36. The lowest BCUT2D eigenvalue weighted by atomic mass is 10.2. The summed E-state index contributed by atoms with van der Waals surface area (Å²) >= 11 is 1.68. The number of hydrogen-bond acceptors (Lipinski definition) is 7. The number of aryl methyl sites for hydroxylation is 1. The Kier molecular flexibility index (Phi) is 8.69. The predicted molar refractivity (Wildman–Crippen MR) is 114 cm³/mol. The molecular formula is C21H33N3O3S. The standard InChI is InChI=1S/C21H33N3O3S/c1-15(2)24(5)12-19(25)13-27-20-8-7-17(9-21(20)26-6)10-23(4)11-18-14-28-16(3)22-18/h7-9,14-15,19,25H,10-13H2,1-6H3. The molecule has 1 aromatic carbocycles. The SMILES string of the molecule is COc1cc(CN(C)Cc2csc(C)n2)ccc1OCC(O)CN(C)C(C)C. The van der Waals surface area contributed by atoms with Gasteiger partial charge >= 0.3 is 0 Å². The Morgan fingerprint density at radius 2 is 1.93 bits per heavy atom. The maximum absolute atomic E-state index is 10.2. The summed E-state index contributed by atoms with van der Waals surface area (Å²) in [5, 5.41) is 13.4. The fraction of sp³-hybridized carbons (Fsp3) is 0.571. The Morgan fingerprint density at radius 3 is 2.54 bits per heavy atom. The Morgan fingerprint density at radius 1 is 1.18 bits per heavy atom. The summed E-state index contributed by atoms with van der Waals surface area (Å²) in [5.41, 5.74) is 2.23. The molecule has 0 saturated heterocycles. The lowest BCUT2D eigenvalue weighted by Gasteiger charge is -2.24. The van der Waals surface area contributed by atoms with Crippen molar-refractivity contribution in [2.75, 3.05) is 34.4 Å². The normalized spacial score (nSPS) is 12.8. The number of aliphatic hydroxyl groups is 1.